The second-order valence-electron chi connectivity index (χ2n) is 6.30. The summed E-state index contributed by atoms with van der Waals surface area (Å²) in [5.74, 6) is 0.972. The Kier molecular flexibility index (Phi) is 7.63. The highest BCUT2D eigenvalue weighted by molar-refractivity contribution is 5.27. The van der Waals surface area contributed by atoms with Gasteiger partial charge in [0.2, 0.25) is 0 Å². The van der Waals surface area contributed by atoms with Crippen molar-refractivity contribution in [2.75, 3.05) is 26.2 Å². The van der Waals surface area contributed by atoms with E-state index >= 15 is 0 Å². The first-order chi connectivity index (χ1) is 9.47. The lowest BCUT2D eigenvalue weighted by Crippen LogP contribution is -2.37. The molecule has 114 valence electrons. The Balaban J connectivity index is 1.93. The zero-order valence-corrected chi connectivity index (χ0v) is 13.5. The topological polar surface area (TPSA) is 33.3 Å². The van der Waals surface area contributed by atoms with Gasteiger partial charge in [-0.25, -0.2) is 0 Å². The molecular formula is C17H30N2O. The van der Waals surface area contributed by atoms with Crippen LogP contribution in [-0.4, -0.2) is 31.8 Å². The molecule has 0 aliphatic rings. The molecule has 1 aromatic carbocycles. The lowest BCUT2D eigenvalue weighted by atomic mass is 10.1. The molecular weight excluding hydrogens is 248 g/mol. The molecule has 0 aliphatic heterocycles. The van der Waals surface area contributed by atoms with Gasteiger partial charge in [-0.3, -0.25) is 0 Å². The van der Waals surface area contributed by atoms with Gasteiger partial charge in [-0.2, -0.15) is 0 Å². The molecule has 0 saturated carbocycles. The van der Waals surface area contributed by atoms with Gasteiger partial charge in [-0.15, -0.1) is 0 Å². The van der Waals surface area contributed by atoms with Gasteiger partial charge in [0, 0.05) is 5.54 Å². The van der Waals surface area contributed by atoms with Gasteiger partial charge in [0.25, 0.3) is 0 Å². The molecule has 0 radical (unpaired) electrons. The predicted molar refractivity (Wildman–Crippen MR) is 86.5 cm³/mol. The smallest absolute Gasteiger partial charge is 0.119 e. The summed E-state index contributed by atoms with van der Waals surface area (Å²) in [6.07, 6.45) is 2.21. The van der Waals surface area contributed by atoms with Gasteiger partial charge in [0.1, 0.15) is 5.75 Å². The Hall–Kier alpha value is -1.06. The zero-order chi connectivity index (χ0) is 14.8. The normalized spacial score (nSPS) is 11.6. The molecule has 0 unspecified atom stereocenters. The first kappa shape index (κ1) is 17.0. The number of rotatable bonds is 9. The van der Waals surface area contributed by atoms with Gasteiger partial charge in [-0.05, 0) is 77.9 Å². The molecule has 0 aromatic heterocycles. The third-order valence-corrected chi connectivity index (χ3v) is 2.94. The Labute approximate surface area is 124 Å². The Morgan fingerprint density at radius 2 is 1.80 bits per heavy atom. The monoisotopic (exact) mass is 278 g/mol. The summed E-state index contributed by atoms with van der Waals surface area (Å²) in [6, 6.07) is 8.20. The van der Waals surface area contributed by atoms with Crippen LogP contribution in [0.4, 0.5) is 0 Å². The summed E-state index contributed by atoms with van der Waals surface area (Å²) in [7, 11) is 0. The number of hydrogen-bond donors (Lipinski definition) is 2. The Morgan fingerprint density at radius 3 is 2.50 bits per heavy atom. The minimum Gasteiger partial charge on any atom is -0.494 e. The molecule has 1 rings (SSSR count). The number of aryl methyl sites for hydroxylation is 1. The summed E-state index contributed by atoms with van der Waals surface area (Å²) in [4.78, 5) is 0. The van der Waals surface area contributed by atoms with Crippen LogP contribution in [0.15, 0.2) is 24.3 Å². The van der Waals surface area contributed by atoms with Crippen molar-refractivity contribution in [1.82, 2.24) is 10.6 Å². The average Bonchev–Trinajstić information content (AvgIpc) is 2.35. The quantitative estimate of drug-likeness (QED) is 0.681. The minimum atomic E-state index is 0.224. The highest BCUT2D eigenvalue weighted by Crippen LogP contribution is 2.12. The van der Waals surface area contributed by atoms with Crippen molar-refractivity contribution in [3.63, 3.8) is 0 Å². The van der Waals surface area contributed by atoms with E-state index in [0.29, 0.717) is 0 Å². The molecule has 0 spiro atoms. The molecule has 0 atom stereocenters. The lowest BCUT2D eigenvalue weighted by Gasteiger charge is -2.20. The van der Waals surface area contributed by atoms with E-state index in [1.807, 2.05) is 12.1 Å². The molecule has 3 nitrogen and oxygen atoms in total. The fraction of sp³-hybridized carbons (Fsp3) is 0.647. The standard InChI is InChI=1S/C17H30N2O/c1-15-8-5-9-16(14-15)20-13-7-11-18-10-6-12-19-17(2,3)4/h5,8-9,14,18-19H,6-7,10-13H2,1-4H3. The van der Waals surface area contributed by atoms with E-state index in [1.54, 1.807) is 0 Å². The molecule has 1 aromatic rings. The highest BCUT2D eigenvalue weighted by Gasteiger charge is 2.06. The maximum absolute atomic E-state index is 5.71. The van der Waals surface area contributed by atoms with E-state index in [-0.39, 0.29) is 5.54 Å². The summed E-state index contributed by atoms with van der Waals surface area (Å²) < 4.78 is 5.71. The summed E-state index contributed by atoms with van der Waals surface area (Å²) in [5, 5.41) is 6.94. The number of benzene rings is 1. The van der Waals surface area contributed by atoms with Crippen molar-refractivity contribution in [3.05, 3.63) is 29.8 Å². The summed E-state index contributed by atoms with van der Waals surface area (Å²) >= 11 is 0. The molecule has 20 heavy (non-hydrogen) atoms. The molecule has 0 aliphatic carbocycles. The first-order valence-electron chi connectivity index (χ1n) is 7.62. The van der Waals surface area contributed by atoms with Crippen LogP contribution in [0, 0.1) is 6.92 Å². The highest BCUT2D eigenvalue weighted by atomic mass is 16.5. The van der Waals surface area contributed by atoms with Crippen molar-refractivity contribution in [2.45, 2.75) is 46.1 Å². The second kappa shape index (κ2) is 8.98. The van der Waals surface area contributed by atoms with Crippen LogP contribution >= 0.6 is 0 Å². The van der Waals surface area contributed by atoms with Crippen LogP contribution in [0.3, 0.4) is 0 Å². The fourth-order valence-electron chi connectivity index (χ4n) is 1.89. The molecule has 2 N–H and O–H groups in total. The Morgan fingerprint density at radius 1 is 1.05 bits per heavy atom. The maximum atomic E-state index is 5.71. The van der Waals surface area contributed by atoms with Crippen LogP contribution in [-0.2, 0) is 0 Å². The fourth-order valence-corrected chi connectivity index (χ4v) is 1.89. The minimum absolute atomic E-state index is 0.224. The Bertz CT molecular complexity index is 371. The maximum Gasteiger partial charge on any atom is 0.119 e. The van der Waals surface area contributed by atoms with E-state index in [4.69, 9.17) is 4.74 Å². The summed E-state index contributed by atoms with van der Waals surface area (Å²) in [5.41, 5.74) is 1.47. The van der Waals surface area contributed by atoms with Crippen LogP contribution in [0.5, 0.6) is 5.75 Å². The third kappa shape index (κ3) is 8.94. The van der Waals surface area contributed by atoms with E-state index in [2.05, 4.69) is 50.5 Å². The van der Waals surface area contributed by atoms with E-state index < -0.39 is 0 Å². The van der Waals surface area contributed by atoms with Crippen LogP contribution in [0.2, 0.25) is 0 Å². The van der Waals surface area contributed by atoms with E-state index in [1.165, 1.54) is 5.56 Å². The third-order valence-electron chi connectivity index (χ3n) is 2.94. The van der Waals surface area contributed by atoms with Crippen molar-refractivity contribution >= 4 is 0 Å². The molecule has 0 fully saturated rings. The molecule has 0 bridgehead atoms. The number of ether oxygens (including phenoxy) is 1. The molecule has 0 saturated heterocycles. The first-order valence-corrected chi connectivity index (χ1v) is 7.62. The van der Waals surface area contributed by atoms with Crippen molar-refractivity contribution in [3.8, 4) is 5.75 Å². The van der Waals surface area contributed by atoms with Crippen molar-refractivity contribution in [2.24, 2.45) is 0 Å². The lowest BCUT2D eigenvalue weighted by molar-refractivity contribution is 0.307. The van der Waals surface area contributed by atoms with Crippen LogP contribution < -0.4 is 15.4 Å². The van der Waals surface area contributed by atoms with Crippen molar-refractivity contribution < 1.29 is 4.74 Å². The van der Waals surface area contributed by atoms with Gasteiger partial charge in [0.15, 0.2) is 0 Å². The molecule has 0 amide bonds. The summed E-state index contributed by atoms with van der Waals surface area (Å²) in [6.45, 7) is 12.6. The SMILES string of the molecule is Cc1cccc(OCCCNCCCNC(C)(C)C)c1. The van der Waals surface area contributed by atoms with Crippen LogP contribution in [0.25, 0.3) is 0 Å². The zero-order valence-electron chi connectivity index (χ0n) is 13.5. The van der Waals surface area contributed by atoms with Crippen LogP contribution in [0.1, 0.15) is 39.2 Å². The largest absolute Gasteiger partial charge is 0.494 e. The van der Waals surface area contributed by atoms with E-state index in [0.717, 1.165) is 44.8 Å². The molecule has 0 heterocycles. The van der Waals surface area contributed by atoms with Gasteiger partial charge in [0.05, 0.1) is 6.61 Å². The number of nitrogens with one attached hydrogen (secondary N) is 2. The molecule has 3 heteroatoms. The van der Waals surface area contributed by atoms with Gasteiger partial charge >= 0.3 is 0 Å². The van der Waals surface area contributed by atoms with Gasteiger partial charge < -0.3 is 15.4 Å². The van der Waals surface area contributed by atoms with Crippen molar-refractivity contribution in [1.29, 1.82) is 0 Å². The predicted octanol–water partition coefficient (Wildman–Crippen LogP) is 3.13. The van der Waals surface area contributed by atoms with Gasteiger partial charge in [-0.1, -0.05) is 12.1 Å². The second-order valence-corrected chi connectivity index (χ2v) is 6.30. The van der Waals surface area contributed by atoms with E-state index in [9.17, 15) is 0 Å². The average molecular weight is 278 g/mol. The number of hydrogen-bond acceptors (Lipinski definition) is 3.